The first-order chi connectivity index (χ1) is 17.9. The van der Waals surface area contributed by atoms with Gasteiger partial charge in [-0.25, -0.2) is 9.67 Å². The van der Waals surface area contributed by atoms with Crippen LogP contribution in [0.15, 0.2) is 41.5 Å². The SMILES string of the molecule is CCOCC.CO.CO.CO.O=c1[nH]c([O-])nc2c1c(-c1ccncc1)nn2-c1c(Cl)cc(Cl)cc1Cl.[Na+]. The quantitative estimate of drug-likeness (QED) is 0.237. The predicted molar refractivity (Wildman–Crippen MR) is 144 cm³/mol. The van der Waals surface area contributed by atoms with E-state index < -0.39 is 11.6 Å². The van der Waals surface area contributed by atoms with Gasteiger partial charge in [0.15, 0.2) is 5.65 Å². The second kappa shape index (κ2) is 21.1. The first-order valence-corrected chi connectivity index (χ1v) is 11.7. The number of ether oxygens (including phenoxy) is 1. The summed E-state index contributed by atoms with van der Waals surface area (Å²) in [5, 5.41) is 38.1. The van der Waals surface area contributed by atoms with Gasteiger partial charge in [-0.3, -0.25) is 9.78 Å². The van der Waals surface area contributed by atoms with Gasteiger partial charge in [-0.2, -0.15) is 5.10 Å². The molecule has 0 fully saturated rings. The molecule has 0 aliphatic carbocycles. The van der Waals surface area contributed by atoms with Crippen molar-refractivity contribution in [3.63, 3.8) is 0 Å². The van der Waals surface area contributed by atoms with Crippen molar-refractivity contribution >= 4 is 45.8 Å². The second-order valence-electron chi connectivity index (χ2n) is 6.07. The number of pyridine rings is 1. The van der Waals surface area contributed by atoms with Crippen LogP contribution in [0.2, 0.25) is 15.1 Å². The van der Waals surface area contributed by atoms with E-state index in [0.717, 1.165) is 34.5 Å². The van der Waals surface area contributed by atoms with Gasteiger partial charge in [0.25, 0.3) is 5.56 Å². The van der Waals surface area contributed by atoms with Crippen molar-refractivity contribution in [2.45, 2.75) is 13.8 Å². The van der Waals surface area contributed by atoms with Gasteiger partial charge in [-0.05, 0) is 38.1 Å². The van der Waals surface area contributed by atoms with Crippen LogP contribution in [0, 0.1) is 0 Å². The van der Waals surface area contributed by atoms with E-state index in [-0.39, 0.29) is 56.3 Å². The Morgan fingerprint density at radius 1 is 0.974 bits per heavy atom. The summed E-state index contributed by atoms with van der Waals surface area (Å²) in [6.45, 7) is 5.67. The predicted octanol–water partition coefficient (Wildman–Crippen LogP) is 0.0769. The van der Waals surface area contributed by atoms with Crippen LogP contribution in [0.1, 0.15) is 13.8 Å². The standard InChI is InChI=1S/C16H8Cl3N5O2.C4H10O.3CH4O.Na/c17-8-5-9(18)13(10(19)6-8)24-14-11(15(25)22-16(26)21-14)12(23-24)7-1-3-20-4-2-7;1-3-5-4-2;3*1-2;/h1-6H,(H2,21,22,25,26);3-4H2,1-2H3;3*2H,1H3;/q;;;;;+1/p-1. The summed E-state index contributed by atoms with van der Waals surface area (Å²) < 4.78 is 6.10. The largest absolute Gasteiger partial charge is 1.00 e. The first kappa shape index (κ1) is 38.4. The number of aromatic nitrogens is 5. The van der Waals surface area contributed by atoms with Crippen molar-refractivity contribution in [3.05, 3.63) is 62.1 Å². The molecule has 0 atom stereocenters. The number of hydrogen-bond acceptors (Lipinski definition) is 9. The van der Waals surface area contributed by atoms with Crippen molar-refractivity contribution in [1.82, 2.24) is 24.7 Å². The molecule has 0 bridgehead atoms. The zero-order valence-corrected chi connectivity index (χ0v) is 26.1. The Balaban J connectivity index is 0. The van der Waals surface area contributed by atoms with E-state index in [9.17, 15) is 9.90 Å². The van der Waals surface area contributed by atoms with Gasteiger partial charge in [0.1, 0.15) is 16.8 Å². The van der Waals surface area contributed by atoms with E-state index in [4.69, 9.17) is 54.9 Å². The van der Waals surface area contributed by atoms with E-state index in [0.29, 0.717) is 16.3 Å². The second-order valence-corrected chi connectivity index (χ2v) is 7.32. The van der Waals surface area contributed by atoms with Crippen LogP contribution in [-0.4, -0.2) is 74.6 Å². The van der Waals surface area contributed by atoms with Gasteiger partial charge < -0.3 is 30.1 Å². The minimum atomic E-state index is -0.800. The van der Waals surface area contributed by atoms with E-state index >= 15 is 0 Å². The molecule has 38 heavy (non-hydrogen) atoms. The molecule has 3 heterocycles. The fourth-order valence-electron chi connectivity index (χ4n) is 2.81. The number of benzene rings is 1. The van der Waals surface area contributed by atoms with Crippen LogP contribution in [0.3, 0.4) is 0 Å². The molecule has 0 saturated heterocycles. The molecule has 0 radical (unpaired) electrons. The third kappa shape index (κ3) is 10.4. The van der Waals surface area contributed by atoms with Crippen LogP contribution in [0.5, 0.6) is 6.01 Å². The average molecular weight is 601 g/mol. The molecular weight excluding hydrogens is 572 g/mol. The third-order valence-corrected chi connectivity index (χ3v) is 4.87. The maximum Gasteiger partial charge on any atom is 1.00 e. The van der Waals surface area contributed by atoms with Crippen molar-refractivity contribution in [2.24, 2.45) is 0 Å². The fraction of sp³-hybridized carbons (Fsp3) is 0.304. The molecule has 0 saturated carbocycles. The molecule has 0 spiro atoms. The van der Waals surface area contributed by atoms with Gasteiger partial charge in [0, 0.05) is 57.5 Å². The summed E-state index contributed by atoms with van der Waals surface area (Å²) in [7, 11) is 3.00. The monoisotopic (exact) mass is 599 g/mol. The Hall–Kier alpha value is -1.77. The number of fused-ring (bicyclic) bond motifs is 1. The van der Waals surface area contributed by atoms with Crippen LogP contribution in [0.4, 0.5) is 0 Å². The smallest absolute Gasteiger partial charge is 0.846 e. The fourth-order valence-corrected chi connectivity index (χ4v) is 3.79. The molecule has 0 aliphatic heterocycles. The van der Waals surface area contributed by atoms with Crippen molar-refractivity contribution < 1.29 is 54.7 Å². The average Bonchev–Trinajstić information content (AvgIpc) is 3.28. The maximum atomic E-state index is 12.4. The number of rotatable bonds is 4. The summed E-state index contributed by atoms with van der Waals surface area (Å²) in [5.41, 5.74) is 0.630. The Morgan fingerprint density at radius 2 is 1.47 bits per heavy atom. The number of aliphatic hydroxyl groups excluding tert-OH is 3. The zero-order chi connectivity index (χ0) is 28.5. The van der Waals surface area contributed by atoms with Gasteiger partial charge in [0.2, 0.25) is 0 Å². The number of nitrogens with zero attached hydrogens (tertiary/aromatic N) is 4. The summed E-state index contributed by atoms with van der Waals surface area (Å²) in [5.74, 6) is 0. The number of halogens is 3. The molecule has 3 aromatic heterocycles. The van der Waals surface area contributed by atoms with Crippen molar-refractivity contribution in [2.75, 3.05) is 34.5 Å². The molecule has 1 aromatic carbocycles. The summed E-state index contributed by atoms with van der Waals surface area (Å²) in [6.07, 6.45) is 3.12. The molecule has 0 aliphatic rings. The normalized spacial score (nSPS) is 9.24. The molecular formula is C23H29Cl3N5NaO6. The van der Waals surface area contributed by atoms with Crippen LogP contribution < -0.4 is 40.2 Å². The molecule has 4 N–H and O–H groups in total. The first-order valence-electron chi connectivity index (χ1n) is 10.5. The van der Waals surface area contributed by atoms with E-state index in [1.54, 1.807) is 24.5 Å². The van der Waals surface area contributed by atoms with Gasteiger partial charge in [-0.1, -0.05) is 34.8 Å². The molecule has 4 aromatic rings. The van der Waals surface area contributed by atoms with Gasteiger partial charge in [-0.15, -0.1) is 0 Å². The van der Waals surface area contributed by atoms with Gasteiger partial charge in [0.05, 0.1) is 16.1 Å². The molecule has 0 unspecified atom stereocenters. The van der Waals surface area contributed by atoms with Gasteiger partial charge >= 0.3 is 29.6 Å². The minimum absolute atomic E-state index is 0. The number of hydrogen-bond donors (Lipinski definition) is 4. The number of nitrogens with one attached hydrogen (secondary N) is 1. The van der Waals surface area contributed by atoms with E-state index in [2.05, 4.69) is 20.1 Å². The molecule has 11 nitrogen and oxygen atoms in total. The number of aromatic amines is 1. The third-order valence-electron chi connectivity index (χ3n) is 4.07. The Morgan fingerprint density at radius 3 is 1.92 bits per heavy atom. The van der Waals surface area contributed by atoms with Crippen molar-refractivity contribution in [1.29, 1.82) is 0 Å². The van der Waals surface area contributed by atoms with Crippen LogP contribution in [-0.2, 0) is 4.74 Å². The number of aliphatic hydroxyl groups is 3. The van der Waals surface area contributed by atoms with E-state index in [1.165, 1.54) is 16.8 Å². The van der Waals surface area contributed by atoms with Crippen LogP contribution in [0.25, 0.3) is 28.0 Å². The summed E-state index contributed by atoms with van der Waals surface area (Å²) in [4.78, 5) is 22.4. The van der Waals surface area contributed by atoms with E-state index in [1.807, 2.05) is 13.8 Å². The summed E-state index contributed by atoms with van der Waals surface area (Å²) in [6, 6.07) is 5.53. The van der Waals surface area contributed by atoms with Crippen molar-refractivity contribution in [3.8, 4) is 23.0 Å². The maximum absolute atomic E-state index is 12.4. The number of H-pyrrole nitrogens is 1. The molecule has 0 amide bonds. The zero-order valence-electron chi connectivity index (χ0n) is 21.9. The topological polar surface area (TPSA) is 169 Å². The Bertz CT molecular complexity index is 1250. The summed E-state index contributed by atoms with van der Waals surface area (Å²) >= 11 is 18.5. The van der Waals surface area contributed by atoms with Crippen LogP contribution >= 0.6 is 34.8 Å². The molecule has 15 heteroatoms. The minimum Gasteiger partial charge on any atom is -0.846 e. The Kier molecular flexibility index (Phi) is 21.3. The molecule has 4 rings (SSSR count). The Labute approximate surface area is 257 Å². The molecule has 204 valence electrons.